The monoisotopic (exact) mass is 1130 g/mol. The molecule has 0 aromatic carbocycles. The first kappa shape index (κ1) is 72.8. The van der Waals surface area contributed by atoms with E-state index in [1.807, 2.05) is 6.08 Å². The van der Waals surface area contributed by atoms with E-state index < -0.39 is 86.8 Å². The summed E-state index contributed by atoms with van der Waals surface area (Å²) in [5.41, 5.74) is 0. The van der Waals surface area contributed by atoms with E-state index in [0.29, 0.717) is 12.8 Å². The first-order valence-electron chi connectivity index (χ1n) is 31.1. The molecule has 2 fully saturated rings. The average Bonchev–Trinajstić information content (AvgIpc) is 3.48. The van der Waals surface area contributed by atoms with Gasteiger partial charge in [-0.1, -0.05) is 226 Å². The molecule has 0 aromatic rings. The first-order valence-corrected chi connectivity index (χ1v) is 31.1. The smallest absolute Gasteiger partial charge is 0.220 e. The van der Waals surface area contributed by atoms with Crippen LogP contribution in [-0.2, 0) is 23.7 Å². The summed E-state index contributed by atoms with van der Waals surface area (Å²) in [7, 11) is 0. The third-order valence-electron chi connectivity index (χ3n) is 14.4. The molecule has 80 heavy (non-hydrogen) atoms. The molecule has 2 rings (SSSR count). The van der Waals surface area contributed by atoms with Crippen LogP contribution in [0.25, 0.3) is 0 Å². The number of ether oxygens (including phenoxy) is 4. The van der Waals surface area contributed by atoms with Gasteiger partial charge in [0.2, 0.25) is 5.91 Å². The van der Waals surface area contributed by atoms with Crippen LogP contribution in [0.4, 0.5) is 0 Å². The molecule has 458 valence electrons. The summed E-state index contributed by atoms with van der Waals surface area (Å²) in [4.78, 5) is 13.2. The summed E-state index contributed by atoms with van der Waals surface area (Å²) in [6.07, 6.45) is 54.9. The van der Waals surface area contributed by atoms with Crippen LogP contribution in [0.2, 0.25) is 0 Å². The number of unbranched alkanes of at least 4 members (excludes halogenated alkanes) is 19. The number of aliphatic hydroxyl groups is 8. The number of aliphatic hydroxyl groups excluding tert-OH is 8. The summed E-state index contributed by atoms with van der Waals surface area (Å²) in [6.45, 7) is 2.53. The fraction of sp³-hybridized carbons (Fsp3) is 0.712. The molecule has 2 saturated heterocycles. The van der Waals surface area contributed by atoms with Crippen LogP contribution in [0.5, 0.6) is 0 Å². The van der Waals surface area contributed by atoms with Crippen molar-refractivity contribution < 1.29 is 64.6 Å². The lowest BCUT2D eigenvalue weighted by Gasteiger charge is -2.46. The van der Waals surface area contributed by atoms with Crippen molar-refractivity contribution in [3.05, 3.63) is 109 Å². The Hall–Kier alpha value is -3.35. The summed E-state index contributed by atoms with van der Waals surface area (Å²) in [6, 6.07) is -0.933. The highest BCUT2D eigenvalue weighted by atomic mass is 16.7. The van der Waals surface area contributed by atoms with Crippen molar-refractivity contribution in [1.82, 2.24) is 5.32 Å². The minimum Gasteiger partial charge on any atom is -0.394 e. The molecule has 1 amide bonds. The van der Waals surface area contributed by atoms with Gasteiger partial charge in [-0.15, -0.1) is 0 Å². The van der Waals surface area contributed by atoms with Crippen molar-refractivity contribution in [2.24, 2.45) is 0 Å². The second-order valence-electron chi connectivity index (χ2n) is 21.4. The fourth-order valence-electron chi connectivity index (χ4n) is 9.47. The number of rotatable bonds is 48. The van der Waals surface area contributed by atoms with Crippen LogP contribution in [0.1, 0.15) is 206 Å². The van der Waals surface area contributed by atoms with Crippen LogP contribution in [-0.4, -0.2) is 140 Å². The van der Waals surface area contributed by atoms with Gasteiger partial charge in [0.25, 0.3) is 0 Å². The Bertz CT molecular complexity index is 1760. The molecule has 14 nitrogen and oxygen atoms in total. The molecule has 12 unspecified atom stereocenters. The minimum atomic E-state index is -1.79. The number of allylic oxidation sites excluding steroid dienone is 17. The molecule has 0 aromatic heterocycles. The SMILES string of the molecule is CC/C=C\C/C=C\C/C=C\C/C=C\C/C=C\C/C=C\C/C=C\CCCCCCCCCCCCCCCCCCCC(=O)NC(COC1OC(CO)C(OC2OC(CO)C(O)C(O)C2O)C(O)C1O)C(O)/C=C/CC/C=C/CCC. The Balaban J connectivity index is 1.53. The van der Waals surface area contributed by atoms with E-state index >= 15 is 0 Å². The Morgan fingerprint density at radius 1 is 0.463 bits per heavy atom. The second-order valence-corrected chi connectivity index (χ2v) is 21.4. The molecule has 0 aliphatic carbocycles. The van der Waals surface area contributed by atoms with Crippen LogP contribution < -0.4 is 5.32 Å². The number of carbonyl (C=O) groups is 1. The van der Waals surface area contributed by atoms with E-state index in [0.717, 1.165) is 83.5 Å². The van der Waals surface area contributed by atoms with Gasteiger partial charge in [0.1, 0.15) is 48.8 Å². The summed E-state index contributed by atoms with van der Waals surface area (Å²) in [5, 5.41) is 86.6. The van der Waals surface area contributed by atoms with Gasteiger partial charge in [-0.3, -0.25) is 4.79 Å². The van der Waals surface area contributed by atoms with E-state index in [1.165, 1.54) is 89.9 Å². The molecule has 9 N–H and O–H groups in total. The quantitative estimate of drug-likeness (QED) is 0.0204. The standard InChI is InChI=1S/C66H111NO13/c1-3-5-7-9-11-12-13-14-15-16-17-18-19-20-21-22-23-24-25-26-27-28-29-30-31-32-33-34-35-36-37-38-39-40-41-42-44-46-48-50-58(71)67-54(55(70)49-47-45-43-10-8-6-4-2)53-77-65-63(76)61(74)64(57(52-69)79-65)80-66-62(75)60(73)59(72)56(51-68)78-66/h5,7-8,10-12,14-15,17-18,20-21,23-24,26-27,47,49,54-57,59-66,68-70,72-76H,3-4,6,9,13,16,19,22,25,28-46,48,50-53H2,1-2H3,(H,67,71)/b7-5-,10-8+,12-11-,15-14-,18-17-,21-20-,24-23-,27-26-,49-47+. The Kier molecular flexibility index (Phi) is 45.6. The van der Waals surface area contributed by atoms with Crippen molar-refractivity contribution >= 4 is 5.91 Å². The normalized spacial score (nSPS) is 25.0. The Labute approximate surface area is 483 Å². The van der Waals surface area contributed by atoms with Crippen LogP contribution in [0.15, 0.2) is 109 Å². The number of hydrogen-bond donors (Lipinski definition) is 9. The van der Waals surface area contributed by atoms with Crippen LogP contribution in [0.3, 0.4) is 0 Å². The van der Waals surface area contributed by atoms with Crippen LogP contribution >= 0.6 is 0 Å². The van der Waals surface area contributed by atoms with E-state index in [4.69, 9.17) is 18.9 Å². The predicted molar refractivity (Wildman–Crippen MR) is 322 cm³/mol. The van der Waals surface area contributed by atoms with Gasteiger partial charge in [0, 0.05) is 6.42 Å². The van der Waals surface area contributed by atoms with Gasteiger partial charge in [-0.25, -0.2) is 0 Å². The maximum absolute atomic E-state index is 13.2. The zero-order chi connectivity index (χ0) is 58.1. The number of amides is 1. The third kappa shape index (κ3) is 34.9. The lowest BCUT2D eigenvalue weighted by molar-refractivity contribution is -0.359. The van der Waals surface area contributed by atoms with Crippen molar-refractivity contribution in [2.45, 2.75) is 280 Å². The average molecular weight is 1130 g/mol. The van der Waals surface area contributed by atoms with E-state index in [-0.39, 0.29) is 18.9 Å². The van der Waals surface area contributed by atoms with E-state index in [9.17, 15) is 45.6 Å². The topological polar surface area (TPSA) is 228 Å². The van der Waals surface area contributed by atoms with E-state index in [1.54, 1.807) is 6.08 Å². The van der Waals surface area contributed by atoms with Crippen LogP contribution in [0, 0.1) is 0 Å². The first-order chi connectivity index (χ1) is 39.1. The maximum atomic E-state index is 13.2. The molecule has 12 atom stereocenters. The highest BCUT2D eigenvalue weighted by Crippen LogP contribution is 2.30. The van der Waals surface area contributed by atoms with Gasteiger partial charge >= 0.3 is 0 Å². The fourth-order valence-corrected chi connectivity index (χ4v) is 9.47. The number of carbonyl (C=O) groups excluding carboxylic acids is 1. The van der Waals surface area contributed by atoms with Crippen molar-refractivity contribution in [1.29, 1.82) is 0 Å². The van der Waals surface area contributed by atoms with Gasteiger partial charge < -0.3 is 65.1 Å². The lowest BCUT2D eigenvalue weighted by Crippen LogP contribution is -2.65. The molecule has 0 bridgehead atoms. The van der Waals surface area contributed by atoms with Gasteiger partial charge in [0.05, 0.1) is 32.0 Å². The molecule has 2 aliphatic rings. The van der Waals surface area contributed by atoms with E-state index in [2.05, 4.69) is 116 Å². The molecule has 2 aliphatic heterocycles. The minimum absolute atomic E-state index is 0.257. The Morgan fingerprint density at radius 3 is 1.36 bits per heavy atom. The lowest BCUT2D eigenvalue weighted by atomic mass is 9.97. The molecular weight excluding hydrogens is 1010 g/mol. The number of hydrogen-bond acceptors (Lipinski definition) is 13. The zero-order valence-corrected chi connectivity index (χ0v) is 49.3. The number of nitrogens with one attached hydrogen (secondary N) is 1. The van der Waals surface area contributed by atoms with Crippen molar-refractivity contribution in [3.63, 3.8) is 0 Å². The second kappa shape index (κ2) is 50.2. The summed E-state index contributed by atoms with van der Waals surface area (Å²) in [5.74, 6) is -0.257. The van der Waals surface area contributed by atoms with Gasteiger partial charge in [-0.05, 0) is 83.5 Å². The highest BCUT2D eigenvalue weighted by molar-refractivity contribution is 5.76. The molecule has 0 radical (unpaired) electrons. The molecular formula is C66H111NO13. The molecule has 0 saturated carbocycles. The van der Waals surface area contributed by atoms with Gasteiger partial charge in [-0.2, -0.15) is 0 Å². The molecule has 0 spiro atoms. The Morgan fingerprint density at radius 2 is 0.875 bits per heavy atom. The third-order valence-corrected chi connectivity index (χ3v) is 14.4. The maximum Gasteiger partial charge on any atom is 0.220 e. The molecule has 14 heteroatoms. The zero-order valence-electron chi connectivity index (χ0n) is 49.3. The van der Waals surface area contributed by atoms with Crippen molar-refractivity contribution in [2.75, 3.05) is 19.8 Å². The predicted octanol–water partition coefficient (Wildman–Crippen LogP) is 11.2. The summed E-state index contributed by atoms with van der Waals surface area (Å²) < 4.78 is 22.6. The largest absolute Gasteiger partial charge is 0.394 e. The summed E-state index contributed by atoms with van der Waals surface area (Å²) >= 11 is 0. The van der Waals surface area contributed by atoms with Crippen molar-refractivity contribution in [3.8, 4) is 0 Å². The van der Waals surface area contributed by atoms with Gasteiger partial charge in [0.15, 0.2) is 12.6 Å². The highest BCUT2D eigenvalue weighted by Gasteiger charge is 2.51. The molecule has 2 heterocycles.